The number of nitrogens with zero attached hydrogens (tertiary/aromatic N) is 2. The van der Waals surface area contributed by atoms with Crippen molar-refractivity contribution in [3.63, 3.8) is 0 Å². The Morgan fingerprint density at radius 2 is 2.19 bits per heavy atom. The van der Waals surface area contributed by atoms with Gasteiger partial charge in [0.05, 0.1) is 12.8 Å². The van der Waals surface area contributed by atoms with Gasteiger partial charge in [-0.15, -0.1) is 0 Å². The summed E-state index contributed by atoms with van der Waals surface area (Å²) in [6.07, 6.45) is 2.06. The Morgan fingerprint density at radius 1 is 1.56 bits per heavy atom. The zero-order valence-electron chi connectivity index (χ0n) is 10.1. The quantitative estimate of drug-likeness (QED) is 0.820. The number of nitrogens with two attached hydrogens (primary N) is 1. The Morgan fingerprint density at radius 3 is 2.69 bits per heavy atom. The van der Waals surface area contributed by atoms with Crippen LogP contribution in [0.1, 0.15) is 25.2 Å². The number of primary amides is 1. The normalized spacial score (nSPS) is 11.2. The SMILES string of the molecule is COc1nc(C)cnc1CC(C)(C)C(N)=O. The number of rotatable bonds is 4. The lowest BCUT2D eigenvalue weighted by Crippen LogP contribution is -2.33. The maximum absolute atomic E-state index is 11.2. The minimum atomic E-state index is -0.656. The zero-order valence-corrected chi connectivity index (χ0v) is 10.1. The standard InChI is InChI=1S/C11H17N3O2/c1-7-6-13-8(9(14-7)16-4)5-11(2,3)10(12)15/h6H,5H2,1-4H3,(H2,12,15). The van der Waals surface area contributed by atoms with E-state index in [4.69, 9.17) is 10.5 Å². The van der Waals surface area contributed by atoms with E-state index in [-0.39, 0.29) is 5.91 Å². The molecule has 1 aromatic rings. The van der Waals surface area contributed by atoms with E-state index in [1.165, 1.54) is 7.11 Å². The van der Waals surface area contributed by atoms with Gasteiger partial charge in [0, 0.05) is 18.0 Å². The molecule has 0 aromatic carbocycles. The van der Waals surface area contributed by atoms with Crippen molar-refractivity contribution in [2.24, 2.45) is 11.1 Å². The van der Waals surface area contributed by atoms with Gasteiger partial charge in [-0.2, -0.15) is 0 Å². The molecule has 0 bridgehead atoms. The Hall–Kier alpha value is -1.65. The van der Waals surface area contributed by atoms with Crippen LogP contribution in [0.5, 0.6) is 5.88 Å². The first-order chi connectivity index (χ1) is 7.36. The van der Waals surface area contributed by atoms with E-state index in [9.17, 15) is 4.79 Å². The molecule has 0 spiro atoms. The number of aromatic nitrogens is 2. The number of amides is 1. The van der Waals surface area contributed by atoms with Crippen molar-refractivity contribution in [2.45, 2.75) is 27.2 Å². The molecule has 5 heteroatoms. The maximum atomic E-state index is 11.2. The largest absolute Gasteiger partial charge is 0.480 e. The van der Waals surface area contributed by atoms with Crippen molar-refractivity contribution < 1.29 is 9.53 Å². The minimum absolute atomic E-state index is 0.364. The van der Waals surface area contributed by atoms with Gasteiger partial charge in [0.25, 0.3) is 0 Å². The average molecular weight is 223 g/mol. The van der Waals surface area contributed by atoms with Gasteiger partial charge in [0.2, 0.25) is 11.8 Å². The first kappa shape index (κ1) is 12.4. The zero-order chi connectivity index (χ0) is 12.3. The third kappa shape index (κ3) is 2.68. The second kappa shape index (κ2) is 4.47. The Kier molecular flexibility index (Phi) is 3.47. The fraction of sp³-hybridized carbons (Fsp3) is 0.545. The van der Waals surface area contributed by atoms with E-state index >= 15 is 0 Å². The molecule has 0 aliphatic rings. The molecule has 0 atom stereocenters. The molecule has 1 aromatic heterocycles. The van der Waals surface area contributed by atoms with Crippen LogP contribution >= 0.6 is 0 Å². The van der Waals surface area contributed by atoms with Crippen molar-refractivity contribution >= 4 is 5.91 Å². The predicted molar refractivity (Wildman–Crippen MR) is 60.0 cm³/mol. The summed E-state index contributed by atoms with van der Waals surface area (Å²) in [5.41, 5.74) is 6.08. The maximum Gasteiger partial charge on any atom is 0.235 e. The van der Waals surface area contributed by atoms with Crippen LogP contribution in [0, 0.1) is 12.3 Å². The van der Waals surface area contributed by atoms with Gasteiger partial charge in [-0.05, 0) is 6.92 Å². The van der Waals surface area contributed by atoms with Crippen LogP contribution in [0.2, 0.25) is 0 Å². The van der Waals surface area contributed by atoms with Crippen molar-refractivity contribution in [1.82, 2.24) is 9.97 Å². The van der Waals surface area contributed by atoms with Crippen molar-refractivity contribution in [2.75, 3.05) is 7.11 Å². The molecular weight excluding hydrogens is 206 g/mol. The predicted octanol–water partition coefficient (Wildman–Crippen LogP) is 0.848. The Labute approximate surface area is 95.0 Å². The minimum Gasteiger partial charge on any atom is -0.480 e. The first-order valence-corrected chi connectivity index (χ1v) is 5.03. The van der Waals surface area contributed by atoms with Gasteiger partial charge in [0.15, 0.2) is 0 Å². The summed E-state index contributed by atoms with van der Waals surface area (Å²) in [6, 6.07) is 0. The number of carbonyl (C=O) groups excluding carboxylic acids is 1. The molecule has 0 aliphatic heterocycles. The van der Waals surface area contributed by atoms with Gasteiger partial charge >= 0.3 is 0 Å². The summed E-state index contributed by atoms with van der Waals surface area (Å²) in [6.45, 7) is 5.38. The lowest BCUT2D eigenvalue weighted by molar-refractivity contribution is -0.125. The molecule has 88 valence electrons. The topological polar surface area (TPSA) is 78.1 Å². The van der Waals surface area contributed by atoms with E-state index in [1.807, 2.05) is 6.92 Å². The third-order valence-corrected chi connectivity index (χ3v) is 2.40. The average Bonchev–Trinajstić information content (AvgIpc) is 2.20. The van der Waals surface area contributed by atoms with Gasteiger partial charge in [-0.1, -0.05) is 13.8 Å². The van der Waals surface area contributed by atoms with Gasteiger partial charge in [-0.25, -0.2) is 4.98 Å². The summed E-state index contributed by atoms with van der Waals surface area (Å²) in [5, 5.41) is 0. The molecule has 1 rings (SSSR count). The molecule has 1 heterocycles. The number of methoxy groups -OCH3 is 1. The van der Waals surface area contributed by atoms with Gasteiger partial charge < -0.3 is 10.5 Å². The molecule has 0 saturated heterocycles. The molecule has 16 heavy (non-hydrogen) atoms. The van der Waals surface area contributed by atoms with Crippen molar-refractivity contribution in [3.05, 3.63) is 17.6 Å². The molecule has 0 aliphatic carbocycles. The van der Waals surface area contributed by atoms with Crippen LogP contribution in [-0.4, -0.2) is 23.0 Å². The van der Waals surface area contributed by atoms with Crippen LogP contribution in [0.3, 0.4) is 0 Å². The highest BCUT2D eigenvalue weighted by Gasteiger charge is 2.27. The number of carbonyl (C=O) groups is 1. The van der Waals surface area contributed by atoms with Crippen LogP contribution in [0.4, 0.5) is 0 Å². The van der Waals surface area contributed by atoms with Crippen LogP contribution < -0.4 is 10.5 Å². The van der Waals surface area contributed by atoms with E-state index in [0.717, 1.165) is 5.69 Å². The van der Waals surface area contributed by atoms with E-state index in [1.54, 1.807) is 20.0 Å². The molecule has 0 unspecified atom stereocenters. The van der Waals surface area contributed by atoms with E-state index < -0.39 is 5.41 Å². The van der Waals surface area contributed by atoms with Crippen LogP contribution in [0.15, 0.2) is 6.20 Å². The van der Waals surface area contributed by atoms with Crippen LogP contribution in [-0.2, 0) is 11.2 Å². The second-order valence-electron chi connectivity index (χ2n) is 4.39. The number of hydrogen-bond acceptors (Lipinski definition) is 4. The highest BCUT2D eigenvalue weighted by molar-refractivity contribution is 5.80. The van der Waals surface area contributed by atoms with E-state index in [2.05, 4.69) is 9.97 Å². The molecule has 5 nitrogen and oxygen atoms in total. The number of aryl methyl sites for hydroxylation is 1. The molecule has 0 fully saturated rings. The highest BCUT2D eigenvalue weighted by Crippen LogP contribution is 2.24. The van der Waals surface area contributed by atoms with Crippen molar-refractivity contribution in [3.8, 4) is 5.88 Å². The lowest BCUT2D eigenvalue weighted by atomic mass is 9.87. The highest BCUT2D eigenvalue weighted by atomic mass is 16.5. The van der Waals surface area contributed by atoms with Gasteiger partial charge in [0.1, 0.15) is 5.69 Å². The van der Waals surface area contributed by atoms with Crippen molar-refractivity contribution in [1.29, 1.82) is 0 Å². The summed E-state index contributed by atoms with van der Waals surface area (Å²) in [5.74, 6) is 0.0891. The molecule has 1 amide bonds. The fourth-order valence-corrected chi connectivity index (χ4v) is 1.27. The third-order valence-electron chi connectivity index (χ3n) is 2.40. The summed E-state index contributed by atoms with van der Waals surface area (Å²) in [7, 11) is 1.53. The van der Waals surface area contributed by atoms with Gasteiger partial charge in [-0.3, -0.25) is 9.78 Å². The fourth-order valence-electron chi connectivity index (χ4n) is 1.27. The Bertz CT molecular complexity index is 402. The number of hydrogen-bond donors (Lipinski definition) is 1. The van der Waals surface area contributed by atoms with Crippen LogP contribution in [0.25, 0.3) is 0 Å². The molecule has 2 N–H and O–H groups in total. The number of ether oxygens (including phenoxy) is 1. The lowest BCUT2D eigenvalue weighted by Gasteiger charge is -2.20. The monoisotopic (exact) mass is 223 g/mol. The summed E-state index contributed by atoms with van der Waals surface area (Å²) >= 11 is 0. The summed E-state index contributed by atoms with van der Waals surface area (Å²) in [4.78, 5) is 19.6. The Balaban J connectivity index is 3.01. The second-order valence-corrected chi connectivity index (χ2v) is 4.39. The molecular formula is C11H17N3O2. The molecule has 0 saturated carbocycles. The molecule has 0 radical (unpaired) electrons. The first-order valence-electron chi connectivity index (χ1n) is 5.03. The summed E-state index contributed by atoms with van der Waals surface area (Å²) < 4.78 is 5.13. The smallest absolute Gasteiger partial charge is 0.235 e. The van der Waals surface area contributed by atoms with E-state index in [0.29, 0.717) is 18.0 Å².